The highest BCUT2D eigenvalue weighted by atomic mass is 19.4. The number of benzene rings is 3. The Morgan fingerprint density at radius 2 is 1.56 bits per heavy atom. The van der Waals surface area contributed by atoms with E-state index < -0.39 is 6.36 Å². The average molecular weight is 440 g/mol. The Kier molecular flexibility index (Phi) is 6.35. The fourth-order valence-electron chi connectivity index (χ4n) is 4.07. The van der Waals surface area contributed by atoms with E-state index in [2.05, 4.69) is 42.0 Å². The number of unbranched alkanes of at least 4 members (excludes halogenated alkanes) is 1. The van der Waals surface area contributed by atoms with Gasteiger partial charge in [0.05, 0.1) is 0 Å². The Balaban J connectivity index is 1.52. The van der Waals surface area contributed by atoms with Gasteiger partial charge in [-0.1, -0.05) is 55.8 Å². The lowest BCUT2D eigenvalue weighted by molar-refractivity contribution is -0.274. The van der Waals surface area contributed by atoms with Crippen molar-refractivity contribution in [2.45, 2.75) is 45.4 Å². The number of allylic oxidation sites excluding steroid dienone is 2. The van der Waals surface area contributed by atoms with E-state index in [1.54, 1.807) is 12.1 Å². The van der Waals surface area contributed by atoms with Gasteiger partial charge in [0.15, 0.2) is 0 Å². The molecule has 5 heteroatoms. The van der Waals surface area contributed by atoms with Gasteiger partial charge in [0.2, 0.25) is 0 Å². The summed E-state index contributed by atoms with van der Waals surface area (Å²) in [7, 11) is 0. The second kappa shape index (κ2) is 9.19. The monoisotopic (exact) mass is 440 g/mol. The van der Waals surface area contributed by atoms with Crippen LogP contribution in [0, 0.1) is 5.82 Å². The van der Waals surface area contributed by atoms with Crippen LogP contribution in [-0.4, -0.2) is 6.36 Å². The highest BCUT2D eigenvalue weighted by Gasteiger charge is 2.31. The molecule has 166 valence electrons. The molecule has 0 N–H and O–H groups in total. The van der Waals surface area contributed by atoms with Crippen molar-refractivity contribution in [3.05, 3.63) is 94.8 Å². The van der Waals surface area contributed by atoms with Crippen molar-refractivity contribution in [2.24, 2.45) is 0 Å². The first-order valence-corrected chi connectivity index (χ1v) is 10.8. The second-order valence-electron chi connectivity index (χ2n) is 8.08. The van der Waals surface area contributed by atoms with Crippen molar-refractivity contribution >= 4 is 5.57 Å². The third-order valence-corrected chi connectivity index (χ3v) is 5.78. The first-order chi connectivity index (χ1) is 15.3. The van der Waals surface area contributed by atoms with Crippen LogP contribution < -0.4 is 4.74 Å². The summed E-state index contributed by atoms with van der Waals surface area (Å²) in [5.74, 6) is -0.711. The number of aryl methyl sites for hydroxylation is 1. The van der Waals surface area contributed by atoms with Gasteiger partial charge >= 0.3 is 6.36 Å². The Bertz CT molecular complexity index is 1110. The molecule has 0 heterocycles. The Labute approximate surface area is 185 Å². The molecule has 1 aliphatic carbocycles. The standard InChI is InChI=1S/C27H24F4O/c1-2-3-4-18-5-7-19(8-6-18)21-9-10-22-16-25(26(28)17-23(22)15-21)20-11-13-24(14-12-20)32-27(29,30)31/h5-9,11-14,16-17H,2-4,10,15H2,1H3. The highest BCUT2D eigenvalue weighted by molar-refractivity contribution is 5.73. The Hall–Kier alpha value is -3.08. The number of rotatable bonds is 6. The van der Waals surface area contributed by atoms with Gasteiger partial charge in [-0.15, -0.1) is 13.2 Å². The molecular weight excluding hydrogens is 416 g/mol. The van der Waals surface area contributed by atoms with Gasteiger partial charge in [-0.25, -0.2) is 4.39 Å². The van der Waals surface area contributed by atoms with E-state index in [0.717, 1.165) is 23.1 Å². The smallest absolute Gasteiger partial charge is 0.406 e. The summed E-state index contributed by atoms with van der Waals surface area (Å²) in [5.41, 5.74) is 6.52. The molecule has 0 radical (unpaired) electrons. The van der Waals surface area contributed by atoms with Gasteiger partial charge in [-0.2, -0.15) is 0 Å². The lowest BCUT2D eigenvalue weighted by Gasteiger charge is -2.19. The van der Waals surface area contributed by atoms with Crippen LogP contribution in [0.5, 0.6) is 5.75 Å². The van der Waals surface area contributed by atoms with Crippen molar-refractivity contribution in [3.63, 3.8) is 0 Å². The van der Waals surface area contributed by atoms with E-state index >= 15 is 0 Å². The molecule has 3 aromatic carbocycles. The quantitative estimate of drug-likeness (QED) is 0.354. The first-order valence-electron chi connectivity index (χ1n) is 10.8. The summed E-state index contributed by atoms with van der Waals surface area (Å²) in [4.78, 5) is 0. The predicted octanol–water partition coefficient (Wildman–Crippen LogP) is 7.92. The zero-order valence-electron chi connectivity index (χ0n) is 17.8. The summed E-state index contributed by atoms with van der Waals surface area (Å²) in [6.07, 6.45) is 2.18. The number of ether oxygens (including phenoxy) is 1. The Morgan fingerprint density at radius 3 is 2.22 bits per heavy atom. The van der Waals surface area contributed by atoms with Crippen molar-refractivity contribution in [2.75, 3.05) is 0 Å². The predicted molar refractivity (Wildman–Crippen MR) is 119 cm³/mol. The van der Waals surface area contributed by atoms with Crippen LogP contribution in [0.25, 0.3) is 16.7 Å². The van der Waals surface area contributed by atoms with Gasteiger partial charge in [0.1, 0.15) is 11.6 Å². The fraction of sp³-hybridized carbons (Fsp3) is 0.259. The molecule has 3 aromatic rings. The second-order valence-corrected chi connectivity index (χ2v) is 8.08. The van der Waals surface area contributed by atoms with Crippen molar-refractivity contribution < 1.29 is 22.3 Å². The maximum absolute atomic E-state index is 14.9. The number of fused-ring (bicyclic) bond motifs is 1. The number of halogens is 4. The van der Waals surface area contributed by atoms with Crippen LogP contribution in [0.4, 0.5) is 17.6 Å². The minimum atomic E-state index is -4.75. The molecule has 0 saturated heterocycles. The molecule has 0 fully saturated rings. The van der Waals surface area contributed by atoms with Gasteiger partial charge in [-0.05, 0) is 83.3 Å². The summed E-state index contributed by atoms with van der Waals surface area (Å²) >= 11 is 0. The SMILES string of the molecule is CCCCc1ccc(C2=CCc3cc(-c4ccc(OC(F)(F)F)cc4)c(F)cc3C2)cc1. The van der Waals surface area contributed by atoms with Gasteiger partial charge in [-0.3, -0.25) is 0 Å². The zero-order valence-corrected chi connectivity index (χ0v) is 17.8. The molecule has 0 aliphatic heterocycles. The van der Waals surface area contributed by atoms with E-state index in [4.69, 9.17) is 0 Å². The molecule has 0 spiro atoms. The van der Waals surface area contributed by atoms with Crippen molar-refractivity contribution in [1.29, 1.82) is 0 Å². The van der Waals surface area contributed by atoms with Crippen LogP contribution in [0.1, 0.15) is 42.0 Å². The Morgan fingerprint density at radius 1 is 0.875 bits per heavy atom. The molecule has 1 nitrogen and oxygen atoms in total. The third kappa shape index (κ3) is 5.21. The van der Waals surface area contributed by atoms with E-state index in [1.165, 1.54) is 48.2 Å². The summed E-state index contributed by atoms with van der Waals surface area (Å²) < 4.78 is 55.9. The maximum atomic E-state index is 14.9. The molecular formula is C27H24F4O. The molecule has 0 bridgehead atoms. The van der Waals surface area contributed by atoms with Gasteiger partial charge in [0.25, 0.3) is 0 Å². The van der Waals surface area contributed by atoms with Crippen LogP contribution in [0.15, 0.2) is 66.7 Å². The molecule has 0 amide bonds. The molecule has 0 aromatic heterocycles. The van der Waals surface area contributed by atoms with Crippen LogP contribution in [0.2, 0.25) is 0 Å². The molecule has 32 heavy (non-hydrogen) atoms. The zero-order chi connectivity index (χ0) is 22.7. The molecule has 1 aliphatic rings. The van der Waals surface area contributed by atoms with Crippen molar-refractivity contribution in [1.82, 2.24) is 0 Å². The summed E-state index contributed by atoms with van der Waals surface area (Å²) in [5, 5.41) is 0. The minimum absolute atomic E-state index is 0.326. The van der Waals surface area contributed by atoms with Gasteiger partial charge in [0, 0.05) is 5.56 Å². The summed E-state index contributed by atoms with van der Waals surface area (Å²) in [6.45, 7) is 2.18. The first kappa shape index (κ1) is 22.1. The molecule has 0 atom stereocenters. The van der Waals surface area contributed by atoms with E-state index in [-0.39, 0.29) is 11.6 Å². The molecule has 0 unspecified atom stereocenters. The van der Waals surface area contributed by atoms with E-state index in [9.17, 15) is 17.6 Å². The van der Waals surface area contributed by atoms with E-state index in [0.29, 0.717) is 24.0 Å². The normalized spacial score (nSPS) is 13.5. The molecule has 0 saturated carbocycles. The lowest BCUT2D eigenvalue weighted by Crippen LogP contribution is -2.16. The lowest BCUT2D eigenvalue weighted by atomic mass is 9.86. The number of hydrogen-bond donors (Lipinski definition) is 0. The topological polar surface area (TPSA) is 9.23 Å². The molecule has 4 rings (SSSR count). The summed E-state index contributed by atoms with van der Waals surface area (Å²) in [6, 6.07) is 17.2. The average Bonchev–Trinajstić information content (AvgIpc) is 2.77. The maximum Gasteiger partial charge on any atom is 0.573 e. The number of hydrogen-bond acceptors (Lipinski definition) is 1. The number of alkyl halides is 3. The van der Waals surface area contributed by atoms with E-state index in [1.807, 2.05) is 0 Å². The highest BCUT2D eigenvalue weighted by Crippen LogP contribution is 2.34. The fourth-order valence-corrected chi connectivity index (χ4v) is 4.07. The van der Waals surface area contributed by atoms with Crippen LogP contribution in [0.3, 0.4) is 0 Å². The minimum Gasteiger partial charge on any atom is -0.406 e. The van der Waals surface area contributed by atoms with Crippen molar-refractivity contribution in [3.8, 4) is 16.9 Å². The van der Waals surface area contributed by atoms with Gasteiger partial charge < -0.3 is 4.74 Å². The third-order valence-electron chi connectivity index (χ3n) is 5.78. The van der Waals surface area contributed by atoms with Crippen LogP contribution in [-0.2, 0) is 19.3 Å². The largest absolute Gasteiger partial charge is 0.573 e. The van der Waals surface area contributed by atoms with Crippen LogP contribution >= 0.6 is 0 Å².